The van der Waals surface area contributed by atoms with E-state index < -0.39 is 10.0 Å². The van der Waals surface area contributed by atoms with Crippen molar-refractivity contribution in [2.24, 2.45) is 0 Å². The molecule has 128 valence electrons. The van der Waals surface area contributed by atoms with E-state index in [2.05, 4.69) is 4.90 Å². The standard InChI is InChI=1S/C15H23N3O4S/c1-16-8-10-17(11-9-16)15(19)12-18(23(3,20)21)13-6-4-5-7-14(13)22-2/h4-7H,8-12H2,1-3H3. The highest BCUT2D eigenvalue weighted by atomic mass is 32.2. The van der Waals surface area contributed by atoms with Crippen LogP contribution in [-0.2, 0) is 14.8 Å². The molecule has 1 aliphatic heterocycles. The van der Waals surface area contributed by atoms with Gasteiger partial charge in [-0.25, -0.2) is 8.42 Å². The van der Waals surface area contributed by atoms with Crippen LogP contribution in [0, 0.1) is 0 Å². The zero-order chi connectivity index (χ0) is 17.0. The largest absolute Gasteiger partial charge is 0.495 e. The number of sulfonamides is 1. The van der Waals surface area contributed by atoms with Crippen LogP contribution in [0.1, 0.15) is 0 Å². The zero-order valence-corrected chi connectivity index (χ0v) is 14.5. The van der Waals surface area contributed by atoms with Gasteiger partial charge in [0.25, 0.3) is 0 Å². The van der Waals surface area contributed by atoms with Crippen LogP contribution in [0.3, 0.4) is 0 Å². The Labute approximate surface area is 137 Å². The molecule has 7 nitrogen and oxygen atoms in total. The first-order chi connectivity index (χ1) is 10.8. The highest BCUT2D eigenvalue weighted by Crippen LogP contribution is 2.29. The van der Waals surface area contributed by atoms with Gasteiger partial charge >= 0.3 is 0 Å². The number of piperazine rings is 1. The van der Waals surface area contributed by atoms with E-state index >= 15 is 0 Å². The molecule has 1 amide bonds. The van der Waals surface area contributed by atoms with Crippen molar-refractivity contribution < 1.29 is 17.9 Å². The molecule has 1 heterocycles. The Bertz CT molecular complexity index is 654. The minimum atomic E-state index is -3.60. The molecule has 2 rings (SSSR count). The number of hydrogen-bond acceptors (Lipinski definition) is 5. The summed E-state index contributed by atoms with van der Waals surface area (Å²) in [4.78, 5) is 16.3. The average Bonchev–Trinajstić information content (AvgIpc) is 2.52. The topological polar surface area (TPSA) is 70.2 Å². The maximum atomic E-state index is 12.5. The Morgan fingerprint density at radius 2 is 1.83 bits per heavy atom. The molecular weight excluding hydrogens is 318 g/mol. The van der Waals surface area contributed by atoms with Gasteiger partial charge in [0.1, 0.15) is 12.3 Å². The number of likely N-dealkylation sites (N-methyl/N-ethyl adjacent to an activating group) is 1. The highest BCUT2D eigenvalue weighted by Gasteiger charge is 2.27. The van der Waals surface area contributed by atoms with Crippen molar-refractivity contribution in [1.82, 2.24) is 9.80 Å². The van der Waals surface area contributed by atoms with Crippen LogP contribution in [0.4, 0.5) is 5.69 Å². The second-order valence-electron chi connectivity index (χ2n) is 5.63. The van der Waals surface area contributed by atoms with Crippen molar-refractivity contribution in [3.05, 3.63) is 24.3 Å². The summed E-state index contributed by atoms with van der Waals surface area (Å²) < 4.78 is 30.7. The van der Waals surface area contributed by atoms with Crippen LogP contribution in [0.25, 0.3) is 0 Å². The first-order valence-electron chi connectivity index (χ1n) is 7.40. The number of carbonyl (C=O) groups is 1. The summed E-state index contributed by atoms with van der Waals surface area (Å²) in [7, 11) is -0.126. The van der Waals surface area contributed by atoms with Crippen LogP contribution in [-0.4, -0.2) is 77.3 Å². The highest BCUT2D eigenvalue weighted by molar-refractivity contribution is 7.92. The summed E-state index contributed by atoms with van der Waals surface area (Å²) in [6, 6.07) is 6.78. The van der Waals surface area contributed by atoms with Gasteiger partial charge in [-0.15, -0.1) is 0 Å². The Kier molecular flexibility index (Phi) is 5.48. The van der Waals surface area contributed by atoms with Gasteiger partial charge in [0.15, 0.2) is 0 Å². The second-order valence-corrected chi connectivity index (χ2v) is 7.53. The van der Waals surface area contributed by atoms with Crippen molar-refractivity contribution >= 4 is 21.6 Å². The number of hydrogen-bond donors (Lipinski definition) is 0. The van der Waals surface area contributed by atoms with Gasteiger partial charge in [-0.3, -0.25) is 9.10 Å². The van der Waals surface area contributed by atoms with E-state index in [-0.39, 0.29) is 12.5 Å². The lowest BCUT2D eigenvalue weighted by atomic mass is 10.3. The number of amides is 1. The van der Waals surface area contributed by atoms with E-state index in [1.807, 2.05) is 7.05 Å². The van der Waals surface area contributed by atoms with E-state index in [1.165, 1.54) is 7.11 Å². The SMILES string of the molecule is COc1ccccc1N(CC(=O)N1CCN(C)CC1)S(C)(=O)=O. The number of para-hydroxylation sites is 2. The van der Waals surface area contributed by atoms with Crippen molar-refractivity contribution in [2.45, 2.75) is 0 Å². The van der Waals surface area contributed by atoms with Crippen molar-refractivity contribution in [3.63, 3.8) is 0 Å². The number of nitrogens with zero attached hydrogens (tertiary/aromatic N) is 3. The summed E-state index contributed by atoms with van der Waals surface area (Å²) in [5.41, 5.74) is 0.375. The van der Waals surface area contributed by atoms with Crippen molar-refractivity contribution in [1.29, 1.82) is 0 Å². The fourth-order valence-corrected chi connectivity index (χ4v) is 3.35. The minimum absolute atomic E-state index is 0.200. The third kappa shape index (κ3) is 4.35. The van der Waals surface area contributed by atoms with E-state index in [0.29, 0.717) is 24.5 Å². The fraction of sp³-hybridized carbons (Fsp3) is 0.533. The summed E-state index contributed by atoms with van der Waals surface area (Å²) in [5.74, 6) is 0.221. The lowest BCUT2D eigenvalue weighted by molar-refractivity contribution is -0.131. The van der Waals surface area contributed by atoms with Crippen LogP contribution in [0.5, 0.6) is 5.75 Å². The Morgan fingerprint density at radius 3 is 2.39 bits per heavy atom. The normalized spacial score (nSPS) is 16.2. The summed E-state index contributed by atoms with van der Waals surface area (Å²) in [5, 5.41) is 0. The molecule has 1 saturated heterocycles. The van der Waals surface area contributed by atoms with Gasteiger partial charge in [0.2, 0.25) is 15.9 Å². The number of methoxy groups -OCH3 is 1. The second kappa shape index (κ2) is 7.18. The molecule has 1 fully saturated rings. The summed E-state index contributed by atoms with van der Waals surface area (Å²) in [6.07, 6.45) is 1.09. The molecule has 0 saturated carbocycles. The molecule has 0 spiro atoms. The number of rotatable bonds is 5. The first-order valence-corrected chi connectivity index (χ1v) is 9.25. The van der Waals surface area contributed by atoms with Gasteiger partial charge in [0, 0.05) is 26.2 Å². The van der Waals surface area contributed by atoms with Crippen LogP contribution in [0.2, 0.25) is 0 Å². The monoisotopic (exact) mass is 341 g/mol. The van der Waals surface area contributed by atoms with Crippen LogP contribution >= 0.6 is 0 Å². The molecule has 23 heavy (non-hydrogen) atoms. The molecular formula is C15H23N3O4S. The van der Waals surface area contributed by atoms with E-state index in [0.717, 1.165) is 23.7 Å². The van der Waals surface area contributed by atoms with Crippen LogP contribution in [0.15, 0.2) is 24.3 Å². The van der Waals surface area contributed by atoms with Crippen LogP contribution < -0.4 is 9.04 Å². The Morgan fingerprint density at radius 1 is 1.22 bits per heavy atom. The third-order valence-corrected chi connectivity index (χ3v) is 5.02. The number of carbonyl (C=O) groups excluding carboxylic acids is 1. The van der Waals surface area contributed by atoms with Crippen molar-refractivity contribution in [2.75, 3.05) is 57.4 Å². The van der Waals surface area contributed by atoms with E-state index in [9.17, 15) is 13.2 Å². The average molecular weight is 341 g/mol. The molecule has 0 atom stereocenters. The molecule has 1 aromatic carbocycles. The van der Waals surface area contributed by atoms with Gasteiger partial charge in [-0.1, -0.05) is 12.1 Å². The lowest BCUT2D eigenvalue weighted by Crippen LogP contribution is -2.50. The number of ether oxygens (including phenoxy) is 1. The molecule has 1 aromatic rings. The number of anilines is 1. The fourth-order valence-electron chi connectivity index (χ4n) is 2.50. The number of benzene rings is 1. The van der Waals surface area contributed by atoms with E-state index in [1.54, 1.807) is 29.2 Å². The predicted molar refractivity (Wildman–Crippen MR) is 89.3 cm³/mol. The molecule has 0 aliphatic carbocycles. The predicted octanol–water partition coefficient (Wildman–Crippen LogP) is 0.235. The maximum absolute atomic E-state index is 12.5. The van der Waals surface area contributed by atoms with Crippen molar-refractivity contribution in [3.8, 4) is 5.75 Å². The minimum Gasteiger partial charge on any atom is -0.495 e. The maximum Gasteiger partial charge on any atom is 0.243 e. The molecule has 1 aliphatic rings. The van der Waals surface area contributed by atoms with Gasteiger partial charge in [-0.05, 0) is 19.2 Å². The van der Waals surface area contributed by atoms with Gasteiger partial charge in [-0.2, -0.15) is 0 Å². The Balaban J connectivity index is 2.22. The first kappa shape index (κ1) is 17.6. The molecule has 0 aromatic heterocycles. The smallest absolute Gasteiger partial charge is 0.243 e. The molecule has 0 bridgehead atoms. The van der Waals surface area contributed by atoms with E-state index in [4.69, 9.17) is 4.74 Å². The quantitative estimate of drug-likeness (QED) is 0.767. The molecule has 0 radical (unpaired) electrons. The van der Waals surface area contributed by atoms with Gasteiger partial charge in [0.05, 0.1) is 19.1 Å². The molecule has 8 heteroatoms. The third-order valence-electron chi connectivity index (χ3n) is 3.89. The molecule has 0 unspecified atom stereocenters. The summed E-state index contributed by atoms with van der Waals surface area (Å²) in [6.45, 7) is 2.58. The lowest BCUT2D eigenvalue weighted by Gasteiger charge is -2.34. The molecule has 0 N–H and O–H groups in total. The Hall–Kier alpha value is -1.80. The van der Waals surface area contributed by atoms with Gasteiger partial charge < -0.3 is 14.5 Å². The zero-order valence-electron chi connectivity index (χ0n) is 13.7. The summed E-state index contributed by atoms with van der Waals surface area (Å²) >= 11 is 0.